The Bertz CT molecular complexity index is 189. The molecule has 3 rings (SSSR count). The summed E-state index contributed by atoms with van der Waals surface area (Å²) in [6.07, 6.45) is 2.59. The fourth-order valence-electron chi connectivity index (χ4n) is 2.71. The lowest BCUT2D eigenvalue weighted by Gasteiger charge is -2.45. The number of piperidine rings is 3. The van der Waals surface area contributed by atoms with Gasteiger partial charge < -0.3 is 19.7 Å². The van der Waals surface area contributed by atoms with Crippen LogP contribution in [0.1, 0.15) is 12.8 Å². The highest BCUT2D eigenvalue weighted by molar-refractivity contribution is 4.90. The molecule has 0 radical (unpaired) electrons. The Labute approximate surface area is 91.9 Å². The number of hydrogen-bond acceptors (Lipinski definition) is 4. The van der Waals surface area contributed by atoms with Crippen molar-refractivity contribution in [1.82, 2.24) is 10.2 Å². The zero-order valence-corrected chi connectivity index (χ0v) is 9.74. The summed E-state index contributed by atoms with van der Waals surface area (Å²) in [6, 6.07) is 0.639. The van der Waals surface area contributed by atoms with Gasteiger partial charge in [-0.3, -0.25) is 0 Å². The molecule has 2 bridgehead atoms. The molecule has 88 valence electrons. The molecule has 0 aromatic rings. The average Bonchev–Trinajstić information content (AvgIpc) is 2.32. The van der Waals surface area contributed by atoms with Crippen molar-refractivity contribution >= 4 is 0 Å². The zero-order chi connectivity index (χ0) is 10.7. The SMILES string of the molecule is COC(CNC1CN2CCC1CC2)OC. The van der Waals surface area contributed by atoms with E-state index >= 15 is 0 Å². The van der Waals surface area contributed by atoms with Crippen LogP contribution in [0.15, 0.2) is 0 Å². The molecule has 1 N–H and O–H groups in total. The van der Waals surface area contributed by atoms with Crippen LogP contribution >= 0.6 is 0 Å². The van der Waals surface area contributed by atoms with E-state index in [1.807, 2.05) is 0 Å². The van der Waals surface area contributed by atoms with Gasteiger partial charge in [-0.2, -0.15) is 0 Å². The normalized spacial score (nSPS) is 35.0. The third kappa shape index (κ3) is 2.69. The smallest absolute Gasteiger partial charge is 0.169 e. The van der Waals surface area contributed by atoms with Crippen molar-refractivity contribution in [2.45, 2.75) is 25.2 Å². The second kappa shape index (κ2) is 5.25. The molecule has 3 aliphatic rings. The predicted octanol–water partition coefficient (Wildman–Crippen LogP) is 0.289. The Morgan fingerprint density at radius 2 is 1.93 bits per heavy atom. The van der Waals surface area contributed by atoms with E-state index in [2.05, 4.69) is 10.2 Å². The Morgan fingerprint density at radius 1 is 1.27 bits per heavy atom. The van der Waals surface area contributed by atoms with E-state index in [0.29, 0.717) is 6.04 Å². The molecular formula is C11H22N2O2. The minimum absolute atomic E-state index is 0.111. The number of nitrogens with one attached hydrogen (secondary N) is 1. The van der Waals surface area contributed by atoms with Crippen molar-refractivity contribution in [2.24, 2.45) is 5.92 Å². The number of rotatable bonds is 5. The van der Waals surface area contributed by atoms with Gasteiger partial charge in [-0.15, -0.1) is 0 Å². The fourth-order valence-corrected chi connectivity index (χ4v) is 2.71. The maximum Gasteiger partial charge on any atom is 0.169 e. The second-order valence-corrected chi connectivity index (χ2v) is 4.55. The molecule has 4 nitrogen and oxygen atoms in total. The monoisotopic (exact) mass is 214 g/mol. The van der Waals surface area contributed by atoms with Gasteiger partial charge in [0.25, 0.3) is 0 Å². The molecule has 0 aromatic carbocycles. The maximum atomic E-state index is 5.17. The van der Waals surface area contributed by atoms with Gasteiger partial charge >= 0.3 is 0 Å². The first-order valence-corrected chi connectivity index (χ1v) is 5.85. The minimum atomic E-state index is -0.111. The summed E-state index contributed by atoms with van der Waals surface area (Å²) in [5, 5.41) is 3.56. The first kappa shape index (κ1) is 11.3. The Hall–Kier alpha value is -0.160. The lowest BCUT2D eigenvalue weighted by atomic mass is 9.84. The van der Waals surface area contributed by atoms with Crippen molar-refractivity contribution in [3.63, 3.8) is 0 Å². The summed E-state index contributed by atoms with van der Waals surface area (Å²) < 4.78 is 10.3. The molecule has 15 heavy (non-hydrogen) atoms. The van der Waals surface area contributed by atoms with Crippen LogP contribution in [0.3, 0.4) is 0 Å². The van der Waals surface area contributed by atoms with E-state index in [4.69, 9.17) is 9.47 Å². The summed E-state index contributed by atoms with van der Waals surface area (Å²) >= 11 is 0. The van der Waals surface area contributed by atoms with Gasteiger partial charge in [-0.05, 0) is 31.8 Å². The van der Waals surface area contributed by atoms with Gasteiger partial charge in [0, 0.05) is 33.4 Å². The molecule has 1 unspecified atom stereocenters. The fraction of sp³-hybridized carbons (Fsp3) is 1.00. The maximum absolute atomic E-state index is 5.17. The molecule has 0 spiro atoms. The first-order chi connectivity index (χ1) is 7.33. The van der Waals surface area contributed by atoms with Gasteiger partial charge in [-0.25, -0.2) is 0 Å². The summed E-state index contributed by atoms with van der Waals surface area (Å²) in [5.41, 5.74) is 0. The summed E-state index contributed by atoms with van der Waals surface area (Å²) in [7, 11) is 3.37. The van der Waals surface area contributed by atoms with Crippen LogP contribution in [0.4, 0.5) is 0 Å². The van der Waals surface area contributed by atoms with Crippen LogP contribution in [-0.2, 0) is 9.47 Å². The van der Waals surface area contributed by atoms with Gasteiger partial charge in [0.1, 0.15) is 0 Å². The average molecular weight is 214 g/mol. The first-order valence-electron chi connectivity index (χ1n) is 5.85. The van der Waals surface area contributed by atoms with E-state index < -0.39 is 0 Å². The molecular weight excluding hydrogens is 192 g/mol. The second-order valence-electron chi connectivity index (χ2n) is 4.55. The minimum Gasteiger partial charge on any atom is -0.355 e. The van der Waals surface area contributed by atoms with E-state index in [-0.39, 0.29) is 6.29 Å². The molecule has 3 fully saturated rings. The van der Waals surface area contributed by atoms with Crippen molar-refractivity contribution in [2.75, 3.05) is 40.4 Å². The standard InChI is InChI=1S/C11H22N2O2/c1-14-11(15-2)7-12-10-8-13-5-3-9(10)4-6-13/h9-12H,3-8H2,1-2H3. The lowest BCUT2D eigenvalue weighted by molar-refractivity contribution is -0.102. The molecule has 0 aliphatic carbocycles. The number of ether oxygens (including phenoxy) is 2. The predicted molar refractivity (Wildman–Crippen MR) is 58.8 cm³/mol. The van der Waals surface area contributed by atoms with Gasteiger partial charge in [0.15, 0.2) is 6.29 Å². The highest BCUT2D eigenvalue weighted by Crippen LogP contribution is 2.27. The van der Waals surface area contributed by atoms with Crippen molar-refractivity contribution in [3.8, 4) is 0 Å². The molecule has 0 aromatic heterocycles. The van der Waals surface area contributed by atoms with Crippen LogP contribution < -0.4 is 5.32 Å². The third-order valence-corrected chi connectivity index (χ3v) is 3.73. The lowest BCUT2D eigenvalue weighted by Crippen LogP contribution is -2.57. The topological polar surface area (TPSA) is 33.7 Å². The molecule has 3 heterocycles. The van der Waals surface area contributed by atoms with Gasteiger partial charge in [0.05, 0.1) is 0 Å². The molecule has 1 atom stereocenters. The van der Waals surface area contributed by atoms with Crippen molar-refractivity contribution < 1.29 is 9.47 Å². The van der Waals surface area contributed by atoms with Crippen LogP contribution in [0, 0.1) is 5.92 Å². The van der Waals surface area contributed by atoms with Gasteiger partial charge in [0.2, 0.25) is 0 Å². The Kier molecular flexibility index (Phi) is 3.97. The molecule has 0 amide bonds. The number of methoxy groups -OCH3 is 2. The molecule has 3 aliphatic heterocycles. The van der Waals surface area contributed by atoms with Crippen molar-refractivity contribution in [1.29, 1.82) is 0 Å². The number of fused-ring (bicyclic) bond motifs is 3. The summed E-state index contributed by atoms with van der Waals surface area (Å²) in [5.74, 6) is 0.865. The van der Waals surface area contributed by atoms with Crippen LogP contribution in [0.25, 0.3) is 0 Å². The van der Waals surface area contributed by atoms with Crippen LogP contribution in [-0.4, -0.2) is 57.6 Å². The molecule has 3 saturated heterocycles. The Morgan fingerprint density at radius 3 is 2.40 bits per heavy atom. The largest absolute Gasteiger partial charge is 0.355 e. The van der Waals surface area contributed by atoms with E-state index in [0.717, 1.165) is 12.5 Å². The Balaban J connectivity index is 1.75. The molecule has 4 heteroatoms. The van der Waals surface area contributed by atoms with Crippen LogP contribution in [0.5, 0.6) is 0 Å². The summed E-state index contributed by atoms with van der Waals surface area (Å²) in [6.45, 7) is 4.58. The number of nitrogens with zero attached hydrogens (tertiary/aromatic N) is 1. The van der Waals surface area contributed by atoms with Gasteiger partial charge in [-0.1, -0.05) is 0 Å². The van der Waals surface area contributed by atoms with Crippen LogP contribution in [0.2, 0.25) is 0 Å². The van der Waals surface area contributed by atoms with E-state index in [1.165, 1.54) is 32.5 Å². The highest BCUT2D eigenvalue weighted by Gasteiger charge is 2.33. The summed E-state index contributed by atoms with van der Waals surface area (Å²) in [4.78, 5) is 2.55. The molecule has 0 saturated carbocycles. The third-order valence-electron chi connectivity index (χ3n) is 3.73. The highest BCUT2D eigenvalue weighted by atomic mass is 16.7. The zero-order valence-electron chi connectivity index (χ0n) is 9.74. The van der Waals surface area contributed by atoms with E-state index in [1.54, 1.807) is 14.2 Å². The quantitative estimate of drug-likeness (QED) is 0.667. The number of hydrogen-bond donors (Lipinski definition) is 1. The van der Waals surface area contributed by atoms with Crippen molar-refractivity contribution in [3.05, 3.63) is 0 Å². The van der Waals surface area contributed by atoms with E-state index in [9.17, 15) is 0 Å².